The second-order valence-corrected chi connectivity index (χ2v) is 5.01. The number of ether oxygens (including phenoxy) is 1. The molecular formula is C15H20N6O3. The number of amides is 2. The van der Waals surface area contributed by atoms with Gasteiger partial charge in [-0.1, -0.05) is 17.7 Å². The van der Waals surface area contributed by atoms with Crippen molar-refractivity contribution in [3.63, 3.8) is 0 Å². The third-order valence-corrected chi connectivity index (χ3v) is 3.14. The molecule has 1 heterocycles. The minimum Gasteiger partial charge on any atom is -0.466 e. The molecule has 9 heteroatoms. The number of tetrazole rings is 1. The zero-order chi connectivity index (χ0) is 17.4. The van der Waals surface area contributed by atoms with Crippen LogP contribution in [-0.2, 0) is 16.1 Å². The average Bonchev–Trinajstić information content (AvgIpc) is 3.02. The quantitative estimate of drug-likeness (QED) is 0.723. The lowest BCUT2D eigenvalue weighted by Gasteiger charge is -2.08. The maximum atomic E-state index is 11.7. The van der Waals surface area contributed by atoms with Crippen LogP contribution in [0.25, 0.3) is 5.69 Å². The SMILES string of the molecule is CCOC(=O)CCNC(=O)NCc1nnnn1-c1ccc(C)cc1. The first-order chi connectivity index (χ1) is 11.6. The molecule has 1 aromatic heterocycles. The monoisotopic (exact) mass is 332 g/mol. The fourth-order valence-corrected chi connectivity index (χ4v) is 1.94. The number of hydrogen-bond donors (Lipinski definition) is 2. The molecule has 0 aliphatic heterocycles. The summed E-state index contributed by atoms with van der Waals surface area (Å²) in [4.78, 5) is 22.9. The number of esters is 1. The Morgan fingerprint density at radius 1 is 1.21 bits per heavy atom. The topological polar surface area (TPSA) is 111 Å². The lowest BCUT2D eigenvalue weighted by Crippen LogP contribution is -2.36. The number of benzene rings is 1. The third-order valence-electron chi connectivity index (χ3n) is 3.14. The summed E-state index contributed by atoms with van der Waals surface area (Å²) in [6.07, 6.45) is 0.127. The fourth-order valence-electron chi connectivity index (χ4n) is 1.94. The van der Waals surface area contributed by atoms with Gasteiger partial charge in [-0.3, -0.25) is 4.79 Å². The van der Waals surface area contributed by atoms with Gasteiger partial charge in [-0.2, -0.15) is 4.68 Å². The molecule has 0 fully saturated rings. The van der Waals surface area contributed by atoms with Crippen molar-refractivity contribution in [1.82, 2.24) is 30.8 Å². The number of urea groups is 1. The zero-order valence-corrected chi connectivity index (χ0v) is 13.7. The number of rotatable bonds is 7. The smallest absolute Gasteiger partial charge is 0.315 e. The molecule has 9 nitrogen and oxygen atoms in total. The number of aromatic nitrogens is 4. The molecule has 1 aromatic carbocycles. The summed E-state index contributed by atoms with van der Waals surface area (Å²) in [7, 11) is 0. The van der Waals surface area contributed by atoms with E-state index in [0.717, 1.165) is 11.3 Å². The number of hydrogen-bond acceptors (Lipinski definition) is 6. The van der Waals surface area contributed by atoms with E-state index in [9.17, 15) is 9.59 Å². The molecule has 0 aliphatic carbocycles. The van der Waals surface area contributed by atoms with Crippen molar-refractivity contribution in [2.75, 3.05) is 13.2 Å². The molecule has 2 amide bonds. The first-order valence-electron chi connectivity index (χ1n) is 7.61. The largest absolute Gasteiger partial charge is 0.466 e. The Morgan fingerprint density at radius 3 is 2.67 bits per heavy atom. The van der Waals surface area contributed by atoms with Gasteiger partial charge in [0.15, 0.2) is 5.82 Å². The molecule has 2 rings (SSSR count). The summed E-state index contributed by atoms with van der Waals surface area (Å²) in [6.45, 7) is 4.41. The lowest BCUT2D eigenvalue weighted by atomic mass is 10.2. The minimum atomic E-state index is -0.405. The molecule has 0 unspecified atom stereocenters. The average molecular weight is 332 g/mol. The predicted octanol–water partition coefficient (Wildman–Crippen LogP) is 0.723. The van der Waals surface area contributed by atoms with Gasteiger partial charge < -0.3 is 15.4 Å². The molecule has 0 spiro atoms. The standard InChI is InChI=1S/C15H20N6O3/c1-3-24-14(22)8-9-16-15(23)17-10-13-18-19-20-21(13)12-6-4-11(2)5-7-12/h4-7H,3,8-10H2,1-2H3,(H2,16,17,23). The molecule has 2 aromatic rings. The highest BCUT2D eigenvalue weighted by molar-refractivity contribution is 5.75. The van der Waals surface area contributed by atoms with Crippen molar-refractivity contribution in [2.45, 2.75) is 26.8 Å². The Hall–Kier alpha value is -2.97. The molecule has 24 heavy (non-hydrogen) atoms. The van der Waals surface area contributed by atoms with Crippen molar-refractivity contribution >= 4 is 12.0 Å². The number of carbonyl (C=O) groups is 2. The Kier molecular flexibility index (Phi) is 6.23. The molecule has 0 bridgehead atoms. The second kappa shape index (κ2) is 8.61. The van der Waals surface area contributed by atoms with Crippen LogP contribution in [0, 0.1) is 6.92 Å². The van der Waals surface area contributed by atoms with E-state index in [0.29, 0.717) is 12.4 Å². The van der Waals surface area contributed by atoms with Gasteiger partial charge in [-0.15, -0.1) is 5.10 Å². The molecular weight excluding hydrogens is 312 g/mol. The molecule has 128 valence electrons. The van der Waals surface area contributed by atoms with Gasteiger partial charge in [0.2, 0.25) is 0 Å². The van der Waals surface area contributed by atoms with Crippen molar-refractivity contribution < 1.29 is 14.3 Å². The Balaban J connectivity index is 1.82. The maximum absolute atomic E-state index is 11.7. The van der Waals surface area contributed by atoms with Gasteiger partial charge >= 0.3 is 12.0 Å². The van der Waals surface area contributed by atoms with Gasteiger partial charge in [-0.05, 0) is 36.4 Å². The first kappa shape index (κ1) is 17.4. The van der Waals surface area contributed by atoms with Crippen LogP contribution in [0.15, 0.2) is 24.3 Å². The van der Waals surface area contributed by atoms with Crippen LogP contribution in [0.5, 0.6) is 0 Å². The first-order valence-corrected chi connectivity index (χ1v) is 7.61. The van der Waals surface area contributed by atoms with Crippen LogP contribution >= 0.6 is 0 Å². The molecule has 0 saturated heterocycles. The molecule has 0 aliphatic rings. The lowest BCUT2D eigenvalue weighted by molar-refractivity contribution is -0.142. The van der Waals surface area contributed by atoms with Crippen LogP contribution in [0.2, 0.25) is 0 Å². The van der Waals surface area contributed by atoms with Crippen LogP contribution in [0.3, 0.4) is 0 Å². The molecule has 0 saturated carbocycles. The van der Waals surface area contributed by atoms with Gasteiger partial charge in [0.1, 0.15) is 0 Å². The van der Waals surface area contributed by atoms with Gasteiger partial charge in [0, 0.05) is 6.54 Å². The Morgan fingerprint density at radius 2 is 1.96 bits per heavy atom. The van der Waals surface area contributed by atoms with E-state index >= 15 is 0 Å². The number of nitrogens with zero attached hydrogens (tertiary/aromatic N) is 4. The van der Waals surface area contributed by atoms with E-state index in [1.807, 2.05) is 31.2 Å². The summed E-state index contributed by atoms with van der Waals surface area (Å²) in [5.74, 6) is 0.153. The van der Waals surface area contributed by atoms with Crippen molar-refractivity contribution in [3.8, 4) is 5.69 Å². The fraction of sp³-hybridized carbons (Fsp3) is 0.400. The summed E-state index contributed by atoms with van der Waals surface area (Å²) < 4.78 is 6.33. The van der Waals surface area contributed by atoms with Crippen LogP contribution in [0.4, 0.5) is 4.79 Å². The van der Waals surface area contributed by atoms with Crippen LogP contribution in [-0.4, -0.2) is 45.4 Å². The highest BCUT2D eigenvalue weighted by Gasteiger charge is 2.10. The number of carbonyl (C=O) groups excluding carboxylic acids is 2. The van der Waals surface area contributed by atoms with Gasteiger partial charge in [0.05, 0.1) is 25.3 Å². The van der Waals surface area contributed by atoms with E-state index in [2.05, 4.69) is 26.2 Å². The van der Waals surface area contributed by atoms with Crippen LogP contribution < -0.4 is 10.6 Å². The zero-order valence-electron chi connectivity index (χ0n) is 13.7. The Labute approximate surface area is 139 Å². The third kappa shape index (κ3) is 5.04. The van der Waals surface area contributed by atoms with Crippen molar-refractivity contribution in [1.29, 1.82) is 0 Å². The van der Waals surface area contributed by atoms with Crippen LogP contribution in [0.1, 0.15) is 24.7 Å². The Bertz CT molecular complexity index is 683. The van der Waals surface area contributed by atoms with E-state index < -0.39 is 6.03 Å². The van der Waals surface area contributed by atoms with E-state index in [4.69, 9.17) is 4.74 Å². The van der Waals surface area contributed by atoms with Crippen molar-refractivity contribution in [2.24, 2.45) is 0 Å². The molecule has 2 N–H and O–H groups in total. The molecule has 0 atom stereocenters. The normalized spacial score (nSPS) is 10.2. The highest BCUT2D eigenvalue weighted by Crippen LogP contribution is 2.09. The number of nitrogens with one attached hydrogen (secondary N) is 2. The summed E-state index contributed by atoms with van der Waals surface area (Å²) >= 11 is 0. The highest BCUT2D eigenvalue weighted by atomic mass is 16.5. The van der Waals surface area contributed by atoms with Gasteiger partial charge in [0.25, 0.3) is 0 Å². The summed E-state index contributed by atoms with van der Waals surface area (Å²) in [5, 5.41) is 16.7. The van der Waals surface area contributed by atoms with E-state index in [1.165, 1.54) is 0 Å². The molecule has 0 radical (unpaired) electrons. The van der Waals surface area contributed by atoms with Gasteiger partial charge in [-0.25, -0.2) is 4.79 Å². The van der Waals surface area contributed by atoms with Crippen molar-refractivity contribution in [3.05, 3.63) is 35.7 Å². The number of aryl methyl sites for hydroxylation is 1. The summed E-state index contributed by atoms with van der Waals surface area (Å²) in [6, 6.07) is 7.30. The predicted molar refractivity (Wildman–Crippen MR) is 85.4 cm³/mol. The van der Waals surface area contributed by atoms with E-state index in [-0.39, 0.29) is 25.5 Å². The minimum absolute atomic E-state index is 0.127. The van der Waals surface area contributed by atoms with E-state index in [1.54, 1.807) is 11.6 Å². The second-order valence-electron chi connectivity index (χ2n) is 5.01. The maximum Gasteiger partial charge on any atom is 0.315 e. The summed E-state index contributed by atoms with van der Waals surface area (Å²) in [5.41, 5.74) is 1.94.